The van der Waals surface area contributed by atoms with Crippen molar-refractivity contribution in [3.63, 3.8) is 0 Å². The lowest BCUT2D eigenvalue weighted by atomic mass is 10.2. The summed E-state index contributed by atoms with van der Waals surface area (Å²) in [4.78, 5) is 0. The Morgan fingerprint density at radius 2 is 2.08 bits per heavy atom. The van der Waals surface area contributed by atoms with Crippen LogP contribution in [0.25, 0.3) is 0 Å². The maximum absolute atomic E-state index is 13.2. The van der Waals surface area contributed by atoms with Crippen LogP contribution in [0.15, 0.2) is 21.1 Å². The average molecular weight is 326 g/mol. The lowest BCUT2D eigenvalue weighted by Crippen LogP contribution is -1.86. The molecule has 0 nitrogen and oxygen atoms in total. The Bertz CT molecular complexity index is 356. The molecule has 0 radical (unpaired) electrons. The molecule has 0 N–H and O–H groups in total. The van der Waals surface area contributed by atoms with Gasteiger partial charge in [-0.15, -0.1) is 11.6 Å². The zero-order chi connectivity index (χ0) is 9.84. The average Bonchev–Trinajstić information content (AvgIpc) is 2.02. The zero-order valence-electron chi connectivity index (χ0n) is 6.37. The van der Waals surface area contributed by atoms with Crippen LogP contribution in [-0.4, -0.2) is 5.88 Å². The topological polar surface area (TPSA) is 0 Å². The van der Waals surface area contributed by atoms with Gasteiger partial charge in [0.1, 0.15) is 5.82 Å². The predicted molar refractivity (Wildman–Crippen MR) is 59.4 cm³/mol. The fourth-order valence-electron chi connectivity index (χ4n) is 0.783. The highest BCUT2D eigenvalue weighted by Crippen LogP contribution is 2.24. The van der Waals surface area contributed by atoms with Gasteiger partial charge < -0.3 is 0 Å². The highest BCUT2D eigenvalue weighted by Gasteiger charge is 2.05. The van der Waals surface area contributed by atoms with Gasteiger partial charge in [-0.3, -0.25) is 0 Å². The highest BCUT2D eigenvalue weighted by molar-refractivity contribution is 9.11. The van der Waals surface area contributed by atoms with Crippen molar-refractivity contribution >= 4 is 43.5 Å². The third kappa shape index (κ3) is 2.98. The number of hydrogen-bond acceptors (Lipinski definition) is 0. The summed E-state index contributed by atoms with van der Waals surface area (Å²) < 4.78 is 14.5. The second-order valence-electron chi connectivity index (χ2n) is 2.18. The van der Waals surface area contributed by atoms with Gasteiger partial charge in [0.15, 0.2) is 0 Å². The van der Waals surface area contributed by atoms with E-state index in [4.69, 9.17) is 11.6 Å². The summed E-state index contributed by atoms with van der Waals surface area (Å²) in [5, 5.41) is 0. The van der Waals surface area contributed by atoms with Crippen LogP contribution in [0, 0.1) is 17.7 Å². The van der Waals surface area contributed by atoms with Gasteiger partial charge in [0.25, 0.3) is 0 Å². The van der Waals surface area contributed by atoms with Crippen molar-refractivity contribution in [1.82, 2.24) is 0 Å². The number of hydrogen-bond donors (Lipinski definition) is 0. The Kier molecular flexibility index (Phi) is 4.24. The van der Waals surface area contributed by atoms with E-state index in [0.717, 1.165) is 0 Å². The van der Waals surface area contributed by atoms with E-state index in [9.17, 15) is 4.39 Å². The summed E-state index contributed by atoms with van der Waals surface area (Å²) in [5.74, 6) is 5.06. The third-order valence-electron chi connectivity index (χ3n) is 1.29. The van der Waals surface area contributed by atoms with E-state index in [-0.39, 0.29) is 11.7 Å². The molecule has 0 aliphatic heterocycles. The van der Waals surface area contributed by atoms with Gasteiger partial charge >= 0.3 is 0 Å². The van der Waals surface area contributed by atoms with Crippen LogP contribution in [0.2, 0.25) is 0 Å². The van der Waals surface area contributed by atoms with Crippen LogP contribution >= 0.6 is 43.5 Å². The standard InChI is InChI=1S/C9H4Br2ClF/c10-6-4-8(11)7(2-1-3-12)9(13)5-6/h4-5H,3H2. The van der Waals surface area contributed by atoms with Crippen LogP contribution in [0.5, 0.6) is 0 Å². The molecular formula is C9H4Br2ClF. The molecule has 0 aliphatic rings. The van der Waals surface area contributed by atoms with Crippen molar-refractivity contribution in [3.8, 4) is 11.8 Å². The minimum Gasteiger partial charge on any atom is -0.206 e. The third-order valence-corrected chi connectivity index (χ3v) is 2.50. The first-order valence-corrected chi connectivity index (χ1v) is 5.46. The Morgan fingerprint density at radius 1 is 1.38 bits per heavy atom. The van der Waals surface area contributed by atoms with Gasteiger partial charge in [-0.1, -0.05) is 27.8 Å². The van der Waals surface area contributed by atoms with Crippen LogP contribution in [-0.2, 0) is 0 Å². The van der Waals surface area contributed by atoms with Gasteiger partial charge in [0.05, 0.1) is 11.4 Å². The summed E-state index contributed by atoms with van der Waals surface area (Å²) in [6.07, 6.45) is 0. The van der Waals surface area contributed by atoms with E-state index in [1.807, 2.05) is 0 Å². The lowest BCUT2D eigenvalue weighted by molar-refractivity contribution is 0.622. The molecule has 0 amide bonds. The van der Waals surface area contributed by atoms with E-state index in [0.29, 0.717) is 14.5 Å². The minimum atomic E-state index is -0.362. The Labute approximate surface area is 97.7 Å². The van der Waals surface area contributed by atoms with Crippen molar-refractivity contribution in [2.75, 3.05) is 5.88 Å². The molecule has 1 aromatic rings. The van der Waals surface area contributed by atoms with E-state index in [2.05, 4.69) is 43.7 Å². The molecule has 0 spiro atoms. The molecule has 13 heavy (non-hydrogen) atoms. The summed E-state index contributed by atoms with van der Waals surface area (Å²) in [7, 11) is 0. The van der Waals surface area contributed by atoms with Crippen molar-refractivity contribution < 1.29 is 4.39 Å². The number of benzene rings is 1. The largest absolute Gasteiger partial charge is 0.206 e. The highest BCUT2D eigenvalue weighted by atomic mass is 79.9. The molecule has 0 atom stereocenters. The zero-order valence-corrected chi connectivity index (χ0v) is 10.3. The van der Waals surface area contributed by atoms with Gasteiger partial charge in [-0.05, 0) is 28.1 Å². The van der Waals surface area contributed by atoms with Crippen LogP contribution in [0.1, 0.15) is 5.56 Å². The number of halogens is 4. The van der Waals surface area contributed by atoms with Crippen molar-refractivity contribution in [1.29, 1.82) is 0 Å². The first kappa shape index (κ1) is 11.0. The van der Waals surface area contributed by atoms with E-state index in [1.54, 1.807) is 6.07 Å². The van der Waals surface area contributed by atoms with Crippen molar-refractivity contribution in [2.24, 2.45) is 0 Å². The maximum Gasteiger partial charge on any atom is 0.141 e. The molecule has 0 aromatic heterocycles. The van der Waals surface area contributed by atoms with Crippen LogP contribution < -0.4 is 0 Å². The monoisotopic (exact) mass is 324 g/mol. The molecule has 0 unspecified atom stereocenters. The Morgan fingerprint density at radius 3 is 2.62 bits per heavy atom. The Balaban J connectivity index is 3.21. The maximum atomic E-state index is 13.2. The second-order valence-corrected chi connectivity index (χ2v) is 4.22. The van der Waals surface area contributed by atoms with Crippen LogP contribution in [0.3, 0.4) is 0 Å². The summed E-state index contributed by atoms with van der Waals surface area (Å²) in [6, 6.07) is 3.10. The molecule has 68 valence electrons. The van der Waals surface area contributed by atoms with E-state index < -0.39 is 0 Å². The fourth-order valence-corrected chi connectivity index (χ4v) is 2.12. The first-order valence-electron chi connectivity index (χ1n) is 3.34. The molecule has 0 saturated heterocycles. The number of rotatable bonds is 0. The molecule has 0 aliphatic carbocycles. The second kappa shape index (κ2) is 4.99. The van der Waals surface area contributed by atoms with Gasteiger partial charge in [0, 0.05) is 8.95 Å². The minimum absolute atomic E-state index is 0.196. The molecule has 0 saturated carbocycles. The number of alkyl halides is 1. The Hall–Kier alpha value is -0.0400. The lowest BCUT2D eigenvalue weighted by Gasteiger charge is -1.99. The van der Waals surface area contributed by atoms with Gasteiger partial charge in [-0.25, -0.2) is 4.39 Å². The molecule has 0 heterocycles. The van der Waals surface area contributed by atoms with Gasteiger partial charge in [0.2, 0.25) is 0 Å². The first-order chi connectivity index (χ1) is 6.15. The molecule has 4 heteroatoms. The SMILES string of the molecule is Fc1cc(Br)cc(Br)c1C#CCCl. The normalized spacial score (nSPS) is 9.23. The summed E-state index contributed by atoms with van der Waals surface area (Å²) in [5.41, 5.74) is 0.337. The summed E-state index contributed by atoms with van der Waals surface area (Å²) in [6.45, 7) is 0. The molecule has 0 fully saturated rings. The van der Waals surface area contributed by atoms with E-state index >= 15 is 0 Å². The smallest absolute Gasteiger partial charge is 0.141 e. The molecule has 1 aromatic carbocycles. The predicted octanol–water partition coefficient (Wildman–Crippen LogP) is 3.94. The molecule has 1 rings (SSSR count). The van der Waals surface area contributed by atoms with Crippen LogP contribution in [0.4, 0.5) is 4.39 Å². The van der Waals surface area contributed by atoms with Crippen molar-refractivity contribution in [2.45, 2.75) is 0 Å². The van der Waals surface area contributed by atoms with Gasteiger partial charge in [-0.2, -0.15) is 0 Å². The molecular weight excluding hydrogens is 322 g/mol. The molecule has 0 bridgehead atoms. The summed E-state index contributed by atoms with van der Waals surface area (Å²) >= 11 is 11.8. The quantitative estimate of drug-likeness (QED) is 0.500. The van der Waals surface area contributed by atoms with E-state index in [1.165, 1.54) is 6.07 Å². The van der Waals surface area contributed by atoms with Crippen molar-refractivity contribution in [3.05, 3.63) is 32.5 Å². The fraction of sp³-hybridized carbons (Fsp3) is 0.111.